The van der Waals surface area contributed by atoms with E-state index in [1.54, 1.807) is 6.20 Å². The van der Waals surface area contributed by atoms with Gasteiger partial charge in [0.1, 0.15) is 11.3 Å². The summed E-state index contributed by atoms with van der Waals surface area (Å²) >= 11 is 0. The van der Waals surface area contributed by atoms with Crippen LogP contribution in [-0.4, -0.2) is 30.1 Å². The summed E-state index contributed by atoms with van der Waals surface area (Å²) in [5, 5.41) is 3.88. The number of ether oxygens (including phenoxy) is 1. The topological polar surface area (TPSA) is 77.2 Å². The summed E-state index contributed by atoms with van der Waals surface area (Å²) in [6, 6.07) is 9.30. The zero-order valence-electron chi connectivity index (χ0n) is 13.1. The van der Waals surface area contributed by atoms with Gasteiger partial charge in [-0.3, -0.25) is 9.78 Å². The lowest BCUT2D eigenvalue weighted by molar-refractivity contribution is -0.123. The molecule has 0 bridgehead atoms. The Hall–Kier alpha value is -2.14. The number of benzene rings is 1. The summed E-state index contributed by atoms with van der Waals surface area (Å²) in [4.78, 5) is 16.0. The fraction of sp³-hybridized carbons (Fsp3) is 0.412. The summed E-state index contributed by atoms with van der Waals surface area (Å²) in [5.41, 5.74) is 6.63. The molecular formula is C17H23N3O2. The van der Waals surface area contributed by atoms with Crippen LogP contribution in [0.5, 0.6) is 5.75 Å². The molecule has 0 unspecified atom stereocenters. The Morgan fingerprint density at radius 3 is 2.86 bits per heavy atom. The minimum Gasteiger partial charge on any atom is -0.491 e. The molecule has 0 fully saturated rings. The number of carbonyl (C=O) groups excluding carboxylic acids is 1. The molecule has 0 saturated heterocycles. The number of nitrogens with one attached hydrogen (secondary N) is 1. The molecule has 1 aromatic carbocycles. The highest BCUT2D eigenvalue weighted by Gasteiger charge is 2.16. The van der Waals surface area contributed by atoms with E-state index < -0.39 is 6.04 Å². The Balaban J connectivity index is 1.78. The number of pyridine rings is 1. The van der Waals surface area contributed by atoms with E-state index in [0.717, 1.165) is 23.1 Å². The van der Waals surface area contributed by atoms with E-state index in [0.29, 0.717) is 13.2 Å². The van der Waals surface area contributed by atoms with Gasteiger partial charge in [-0.15, -0.1) is 0 Å². The van der Waals surface area contributed by atoms with Crippen molar-refractivity contribution in [3.63, 3.8) is 0 Å². The first-order valence-electron chi connectivity index (χ1n) is 7.59. The maximum atomic E-state index is 11.7. The highest BCUT2D eigenvalue weighted by atomic mass is 16.5. The first-order valence-corrected chi connectivity index (χ1v) is 7.59. The third kappa shape index (κ3) is 4.18. The van der Waals surface area contributed by atoms with E-state index >= 15 is 0 Å². The summed E-state index contributed by atoms with van der Waals surface area (Å²) in [5.74, 6) is 0.795. The maximum absolute atomic E-state index is 11.7. The zero-order valence-corrected chi connectivity index (χ0v) is 13.1. The largest absolute Gasteiger partial charge is 0.491 e. The molecule has 22 heavy (non-hydrogen) atoms. The molecule has 0 aliphatic carbocycles. The molecule has 0 spiro atoms. The third-order valence-corrected chi connectivity index (χ3v) is 3.49. The van der Waals surface area contributed by atoms with Gasteiger partial charge in [0.15, 0.2) is 0 Å². The quantitative estimate of drug-likeness (QED) is 0.768. The number of rotatable bonds is 7. The van der Waals surface area contributed by atoms with E-state index in [4.69, 9.17) is 10.5 Å². The molecular weight excluding hydrogens is 278 g/mol. The van der Waals surface area contributed by atoms with Crippen LogP contribution < -0.4 is 15.8 Å². The van der Waals surface area contributed by atoms with Gasteiger partial charge in [0.05, 0.1) is 12.6 Å². The molecule has 0 saturated carbocycles. The normalized spacial score (nSPS) is 12.4. The molecule has 0 radical (unpaired) electrons. The van der Waals surface area contributed by atoms with Crippen molar-refractivity contribution in [2.75, 3.05) is 13.2 Å². The average Bonchev–Trinajstić information content (AvgIpc) is 2.53. The maximum Gasteiger partial charge on any atom is 0.237 e. The van der Waals surface area contributed by atoms with Crippen molar-refractivity contribution in [3.8, 4) is 5.75 Å². The Bertz CT molecular complexity index is 623. The Morgan fingerprint density at radius 1 is 1.32 bits per heavy atom. The van der Waals surface area contributed by atoms with Gasteiger partial charge in [-0.05, 0) is 24.5 Å². The van der Waals surface area contributed by atoms with Gasteiger partial charge in [-0.2, -0.15) is 0 Å². The third-order valence-electron chi connectivity index (χ3n) is 3.49. The summed E-state index contributed by atoms with van der Waals surface area (Å²) in [7, 11) is 0. The van der Waals surface area contributed by atoms with Crippen LogP contribution >= 0.6 is 0 Å². The van der Waals surface area contributed by atoms with Gasteiger partial charge in [0, 0.05) is 18.1 Å². The van der Waals surface area contributed by atoms with Crippen molar-refractivity contribution in [1.29, 1.82) is 0 Å². The van der Waals surface area contributed by atoms with Crippen LogP contribution in [-0.2, 0) is 4.79 Å². The van der Waals surface area contributed by atoms with Crippen LogP contribution in [0.15, 0.2) is 36.5 Å². The number of nitrogens with zero attached hydrogens (tertiary/aromatic N) is 1. The van der Waals surface area contributed by atoms with Crippen molar-refractivity contribution in [3.05, 3.63) is 36.5 Å². The summed E-state index contributed by atoms with van der Waals surface area (Å²) in [6.45, 7) is 4.94. The fourth-order valence-corrected chi connectivity index (χ4v) is 2.08. The van der Waals surface area contributed by atoms with E-state index in [1.165, 1.54) is 0 Å². The Kier molecular flexibility index (Phi) is 5.72. The lowest BCUT2D eigenvalue weighted by Gasteiger charge is -2.15. The smallest absolute Gasteiger partial charge is 0.237 e. The monoisotopic (exact) mass is 301 g/mol. The molecule has 1 amide bonds. The number of aromatic nitrogens is 1. The number of nitrogens with two attached hydrogens (primary N) is 1. The average molecular weight is 301 g/mol. The lowest BCUT2D eigenvalue weighted by Crippen LogP contribution is -2.44. The number of fused-ring (bicyclic) bond motifs is 1. The molecule has 118 valence electrons. The predicted molar refractivity (Wildman–Crippen MR) is 87.7 cm³/mol. The Labute approximate surface area is 130 Å². The second-order valence-corrected chi connectivity index (χ2v) is 5.59. The fourth-order valence-electron chi connectivity index (χ4n) is 2.08. The second-order valence-electron chi connectivity index (χ2n) is 5.59. The SMILES string of the molecule is CC(C)[C@H](N)C(=O)NCCCOc1cccc2cccnc12. The zero-order chi connectivity index (χ0) is 15.9. The minimum atomic E-state index is -0.455. The van der Waals surface area contributed by atoms with Crippen LogP contribution in [0.25, 0.3) is 10.9 Å². The van der Waals surface area contributed by atoms with Gasteiger partial charge >= 0.3 is 0 Å². The molecule has 1 aromatic heterocycles. The van der Waals surface area contributed by atoms with E-state index in [9.17, 15) is 4.79 Å². The number of hydrogen-bond acceptors (Lipinski definition) is 4. The summed E-state index contributed by atoms with van der Waals surface area (Å²) in [6.07, 6.45) is 2.47. The van der Waals surface area contributed by atoms with Gasteiger partial charge in [0.25, 0.3) is 0 Å². The van der Waals surface area contributed by atoms with Crippen LogP contribution in [0.3, 0.4) is 0 Å². The molecule has 0 aliphatic rings. The molecule has 0 aliphatic heterocycles. The van der Waals surface area contributed by atoms with Gasteiger partial charge in [-0.25, -0.2) is 0 Å². The van der Waals surface area contributed by atoms with E-state index in [2.05, 4.69) is 10.3 Å². The number of amides is 1. The van der Waals surface area contributed by atoms with Crippen molar-refractivity contribution >= 4 is 16.8 Å². The van der Waals surface area contributed by atoms with E-state index in [1.807, 2.05) is 44.2 Å². The minimum absolute atomic E-state index is 0.109. The van der Waals surface area contributed by atoms with Crippen molar-refractivity contribution < 1.29 is 9.53 Å². The van der Waals surface area contributed by atoms with Crippen LogP contribution in [0.4, 0.5) is 0 Å². The van der Waals surface area contributed by atoms with Gasteiger partial charge in [0.2, 0.25) is 5.91 Å². The van der Waals surface area contributed by atoms with E-state index in [-0.39, 0.29) is 11.8 Å². The molecule has 2 rings (SSSR count). The molecule has 5 nitrogen and oxygen atoms in total. The first kappa shape index (κ1) is 16.2. The number of hydrogen-bond donors (Lipinski definition) is 2. The highest BCUT2D eigenvalue weighted by Crippen LogP contribution is 2.22. The van der Waals surface area contributed by atoms with Crippen LogP contribution in [0.2, 0.25) is 0 Å². The van der Waals surface area contributed by atoms with Crippen molar-refractivity contribution in [1.82, 2.24) is 10.3 Å². The molecule has 1 heterocycles. The molecule has 3 N–H and O–H groups in total. The van der Waals surface area contributed by atoms with Gasteiger partial charge < -0.3 is 15.8 Å². The second kappa shape index (κ2) is 7.75. The molecule has 2 aromatic rings. The highest BCUT2D eigenvalue weighted by molar-refractivity contribution is 5.84. The lowest BCUT2D eigenvalue weighted by atomic mass is 10.1. The molecule has 1 atom stereocenters. The van der Waals surface area contributed by atoms with Gasteiger partial charge in [-0.1, -0.05) is 32.0 Å². The Morgan fingerprint density at radius 2 is 2.09 bits per heavy atom. The summed E-state index contributed by atoms with van der Waals surface area (Å²) < 4.78 is 5.76. The van der Waals surface area contributed by atoms with Crippen molar-refractivity contribution in [2.24, 2.45) is 11.7 Å². The number of carbonyl (C=O) groups is 1. The van der Waals surface area contributed by atoms with Crippen LogP contribution in [0.1, 0.15) is 20.3 Å². The molecule has 5 heteroatoms. The van der Waals surface area contributed by atoms with Crippen LogP contribution in [0, 0.1) is 5.92 Å². The standard InChI is InChI=1S/C17H23N3O2/c1-12(2)15(18)17(21)20-10-5-11-22-14-8-3-6-13-7-4-9-19-16(13)14/h3-4,6-9,12,15H,5,10-11,18H2,1-2H3,(H,20,21)/t15-/m0/s1. The van der Waals surface area contributed by atoms with Crippen molar-refractivity contribution in [2.45, 2.75) is 26.3 Å². The predicted octanol–water partition coefficient (Wildman–Crippen LogP) is 2.10. The first-order chi connectivity index (χ1) is 10.6. The number of para-hydroxylation sites is 1.